The molecule has 1 atom stereocenters. The molecule has 2 rings (SSSR count). The molecule has 0 aliphatic rings. The van der Waals surface area contributed by atoms with Crippen molar-refractivity contribution in [1.29, 1.82) is 0 Å². The summed E-state index contributed by atoms with van der Waals surface area (Å²) >= 11 is 13.7. The number of hydrogen-bond donors (Lipinski definition) is 1. The Morgan fingerprint density at radius 2 is 1.84 bits per heavy atom. The van der Waals surface area contributed by atoms with Gasteiger partial charge in [0.2, 0.25) is 11.8 Å². The van der Waals surface area contributed by atoms with Gasteiger partial charge in [-0.25, -0.2) is 0 Å². The SMILES string of the molecule is CCCCNC(=O)[C@@H](CC)N(Cc1ccccc1)C(=O)CSCc1ccc(Cl)cc1Cl. The Bertz CT molecular complexity index is 849. The Hall–Kier alpha value is -1.69. The molecular weight excluding hydrogens is 451 g/mol. The van der Waals surface area contributed by atoms with Crippen LogP contribution in [0.25, 0.3) is 0 Å². The number of thioether (sulfide) groups is 1. The van der Waals surface area contributed by atoms with Gasteiger partial charge in [0, 0.05) is 28.9 Å². The van der Waals surface area contributed by atoms with Crippen molar-refractivity contribution >= 4 is 46.8 Å². The molecule has 0 saturated carbocycles. The first-order valence-corrected chi connectivity index (χ1v) is 12.5. The van der Waals surface area contributed by atoms with E-state index in [1.807, 2.05) is 43.3 Å². The fourth-order valence-electron chi connectivity index (χ4n) is 3.18. The quantitative estimate of drug-likeness (QED) is 0.381. The Balaban J connectivity index is 2.08. The van der Waals surface area contributed by atoms with E-state index >= 15 is 0 Å². The highest BCUT2D eigenvalue weighted by atomic mass is 35.5. The summed E-state index contributed by atoms with van der Waals surface area (Å²) in [5, 5.41) is 4.16. The average Bonchev–Trinajstić information content (AvgIpc) is 2.76. The second-order valence-corrected chi connectivity index (χ2v) is 9.13. The first-order chi connectivity index (χ1) is 15.0. The summed E-state index contributed by atoms with van der Waals surface area (Å²) in [5.74, 6) is 0.715. The lowest BCUT2D eigenvalue weighted by molar-refractivity contribution is -0.139. The van der Waals surface area contributed by atoms with Gasteiger partial charge in [-0.15, -0.1) is 11.8 Å². The predicted octanol–water partition coefficient (Wildman–Crippen LogP) is 5.95. The van der Waals surface area contributed by atoms with E-state index in [9.17, 15) is 9.59 Å². The molecule has 0 saturated heterocycles. The van der Waals surface area contributed by atoms with Gasteiger partial charge < -0.3 is 10.2 Å². The molecule has 0 unspecified atom stereocenters. The van der Waals surface area contributed by atoms with Crippen LogP contribution in [-0.2, 0) is 21.9 Å². The van der Waals surface area contributed by atoms with E-state index in [-0.39, 0.29) is 17.6 Å². The second kappa shape index (κ2) is 13.7. The van der Waals surface area contributed by atoms with Crippen molar-refractivity contribution in [3.63, 3.8) is 0 Å². The topological polar surface area (TPSA) is 49.4 Å². The van der Waals surface area contributed by atoms with Crippen LogP contribution >= 0.6 is 35.0 Å². The third kappa shape index (κ3) is 8.40. The van der Waals surface area contributed by atoms with E-state index < -0.39 is 6.04 Å². The van der Waals surface area contributed by atoms with Crippen LogP contribution in [0.15, 0.2) is 48.5 Å². The van der Waals surface area contributed by atoms with Gasteiger partial charge in [0.15, 0.2) is 0 Å². The van der Waals surface area contributed by atoms with Gasteiger partial charge in [0.1, 0.15) is 6.04 Å². The zero-order valence-electron chi connectivity index (χ0n) is 18.1. The number of nitrogens with one attached hydrogen (secondary N) is 1. The third-order valence-corrected chi connectivity index (χ3v) is 6.46. The van der Waals surface area contributed by atoms with Crippen molar-refractivity contribution in [1.82, 2.24) is 10.2 Å². The molecule has 7 heteroatoms. The van der Waals surface area contributed by atoms with Crippen molar-refractivity contribution in [3.05, 3.63) is 69.7 Å². The van der Waals surface area contributed by atoms with Gasteiger partial charge in [0.25, 0.3) is 0 Å². The maximum Gasteiger partial charge on any atom is 0.242 e. The normalized spacial score (nSPS) is 11.7. The van der Waals surface area contributed by atoms with Crippen molar-refractivity contribution in [2.24, 2.45) is 0 Å². The van der Waals surface area contributed by atoms with Crippen LogP contribution in [0, 0.1) is 0 Å². The number of benzene rings is 2. The summed E-state index contributed by atoms with van der Waals surface area (Å²) < 4.78 is 0. The molecule has 1 N–H and O–H groups in total. The summed E-state index contributed by atoms with van der Waals surface area (Å²) in [6.07, 6.45) is 2.49. The number of halogens is 2. The van der Waals surface area contributed by atoms with Crippen LogP contribution in [-0.4, -0.2) is 35.1 Å². The van der Waals surface area contributed by atoms with Crippen LogP contribution < -0.4 is 5.32 Å². The van der Waals surface area contributed by atoms with E-state index in [2.05, 4.69) is 12.2 Å². The maximum atomic E-state index is 13.2. The number of amides is 2. The van der Waals surface area contributed by atoms with Gasteiger partial charge in [-0.1, -0.05) is 79.9 Å². The Kier molecular flexibility index (Phi) is 11.3. The van der Waals surface area contributed by atoms with Crippen LogP contribution in [0.2, 0.25) is 10.0 Å². The predicted molar refractivity (Wildman–Crippen MR) is 132 cm³/mol. The number of carbonyl (C=O) groups excluding carboxylic acids is 2. The summed E-state index contributed by atoms with van der Waals surface area (Å²) in [6.45, 7) is 5.06. The molecule has 2 amide bonds. The monoisotopic (exact) mass is 480 g/mol. The molecule has 0 heterocycles. The molecule has 31 heavy (non-hydrogen) atoms. The van der Waals surface area contributed by atoms with E-state index in [1.54, 1.807) is 17.0 Å². The molecule has 0 spiro atoms. The summed E-state index contributed by atoms with van der Waals surface area (Å²) in [6, 6.07) is 14.7. The molecular formula is C24H30Cl2N2O2S. The van der Waals surface area contributed by atoms with E-state index in [4.69, 9.17) is 23.2 Å². The fourth-order valence-corrected chi connectivity index (χ4v) is 4.64. The van der Waals surface area contributed by atoms with Gasteiger partial charge in [-0.3, -0.25) is 9.59 Å². The van der Waals surface area contributed by atoms with E-state index in [0.29, 0.717) is 35.3 Å². The minimum atomic E-state index is -0.496. The largest absolute Gasteiger partial charge is 0.354 e. The molecule has 0 bridgehead atoms. The first-order valence-electron chi connectivity index (χ1n) is 10.6. The highest BCUT2D eigenvalue weighted by molar-refractivity contribution is 7.99. The molecule has 2 aromatic rings. The lowest BCUT2D eigenvalue weighted by atomic mass is 10.1. The smallest absolute Gasteiger partial charge is 0.242 e. The minimum absolute atomic E-state index is 0.0589. The molecule has 0 fully saturated rings. The molecule has 4 nitrogen and oxygen atoms in total. The van der Waals surface area contributed by atoms with Crippen molar-refractivity contribution in [2.45, 2.75) is 51.4 Å². The standard InChI is InChI=1S/C24H30Cl2N2O2S/c1-3-5-13-27-24(30)22(4-2)28(15-18-9-7-6-8-10-18)23(29)17-31-16-19-11-12-20(25)14-21(19)26/h6-12,14,22H,3-5,13,15-17H2,1-2H3,(H,27,30)/t22-/m1/s1. The Labute approximate surface area is 199 Å². The zero-order valence-corrected chi connectivity index (χ0v) is 20.4. The number of unbranched alkanes of at least 4 members (excludes halogenated alkanes) is 1. The Morgan fingerprint density at radius 3 is 2.48 bits per heavy atom. The van der Waals surface area contributed by atoms with Crippen LogP contribution in [0.3, 0.4) is 0 Å². The van der Waals surface area contributed by atoms with Crippen molar-refractivity contribution < 1.29 is 9.59 Å². The third-order valence-electron chi connectivity index (χ3n) is 4.91. The summed E-state index contributed by atoms with van der Waals surface area (Å²) in [4.78, 5) is 27.7. The molecule has 0 aliphatic carbocycles. The van der Waals surface area contributed by atoms with Crippen LogP contribution in [0.5, 0.6) is 0 Å². The zero-order chi connectivity index (χ0) is 22.6. The lowest BCUT2D eigenvalue weighted by Crippen LogP contribution is -2.49. The molecule has 0 radical (unpaired) electrons. The minimum Gasteiger partial charge on any atom is -0.354 e. The molecule has 2 aromatic carbocycles. The maximum absolute atomic E-state index is 13.2. The molecule has 0 aromatic heterocycles. The van der Waals surface area contributed by atoms with Gasteiger partial charge in [-0.2, -0.15) is 0 Å². The number of rotatable bonds is 12. The fraction of sp³-hybridized carbons (Fsp3) is 0.417. The van der Waals surface area contributed by atoms with Crippen molar-refractivity contribution in [3.8, 4) is 0 Å². The number of carbonyl (C=O) groups is 2. The van der Waals surface area contributed by atoms with Crippen LogP contribution in [0.1, 0.15) is 44.2 Å². The van der Waals surface area contributed by atoms with Crippen molar-refractivity contribution in [2.75, 3.05) is 12.3 Å². The van der Waals surface area contributed by atoms with Gasteiger partial charge in [0.05, 0.1) is 5.75 Å². The lowest BCUT2D eigenvalue weighted by Gasteiger charge is -2.30. The van der Waals surface area contributed by atoms with Crippen LogP contribution in [0.4, 0.5) is 0 Å². The number of nitrogens with zero attached hydrogens (tertiary/aromatic N) is 1. The summed E-state index contributed by atoms with van der Waals surface area (Å²) in [5.41, 5.74) is 1.93. The summed E-state index contributed by atoms with van der Waals surface area (Å²) in [7, 11) is 0. The molecule has 168 valence electrons. The highest BCUT2D eigenvalue weighted by Crippen LogP contribution is 2.25. The Morgan fingerprint density at radius 1 is 1.10 bits per heavy atom. The van der Waals surface area contributed by atoms with E-state index in [0.717, 1.165) is 24.0 Å². The van der Waals surface area contributed by atoms with Gasteiger partial charge >= 0.3 is 0 Å². The van der Waals surface area contributed by atoms with E-state index in [1.165, 1.54) is 11.8 Å². The molecule has 0 aliphatic heterocycles. The second-order valence-electron chi connectivity index (χ2n) is 7.30. The highest BCUT2D eigenvalue weighted by Gasteiger charge is 2.28. The average molecular weight is 481 g/mol. The first kappa shape index (κ1) is 25.6. The van der Waals surface area contributed by atoms with Gasteiger partial charge in [-0.05, 0) is 36.1 Å². The number of hydrogen-bond acceptors (Lipinski definition) is 3.